The van der Waals surface area contributed by atoms with E-state index in [4.69, 9.17) is 4.74 Å². The first-order valence-corrected chi connectivity index (χ1v) is 13.5. The molecule has 0 aliphatic heterocycles. The number of benzene rings is 3. The van der Waals surface area contributed by atoms with Gasteiger partial charge in [0.25, 0.3) is 0 Å². The second-order valence-electron chi connectivity index (χ2n) is 10.0. The zero-order chi connectivity index (χ0) is 27.0. The molecule has 0 radical (unpaired) electrons. The molecule has 0 spiro atoms. The average Bonchev–Trinajstić information content (AvgIpc) is 2.96. The highest BCUT2D eigenvalue weighted by Gasteiger charge is 2.22. The van der Waals surface area contributed by atoms with Crippen molar-refractivity contribution in [2.45, 2.75) is 51.2 Å². The summed E-state index contributed by atoms with van der Waals surface area (Å²) in [6, 6.07) is 27.0. The van der Waals surface area contributed by atoms with Gasteiger partial charge in [0.1, 0.15) is 23.9 Å². The Balaban J connectivity index is 1.12. The Bertz CT molecular complexity index is 1400. The van der Waals surface area contributed by atoms with E-state index in [-0.39, 0.29) is 17.6 Å². The van der Waals surface area contributed by atoms with E-state index in [0.717, 1.165) is 78.8 Å². The molecule has 0 saturated carbocycles. The summed E-state index contributed by atoms with van der Waals surface area (Å²) < 4.78 is 19.3. The highest BCUT2D eigenvalue weighted by molar-refractivity contribution is 5.85. The van der Waals surface area contributed by atoms with Crippen LogP contribution in [0, 0.1) is 5.82 Å². The van der Waals surface area contributed by atoms with Gasteiger partial charge >= 0.3 is 5.97 Å². The van der Waals surface area contributed by atoms with Crippen molar-refractivity contribution in [3.63, 3.8) is 0 Å². The van der Waals surface area contributed by atoms with Gasteiger partial charge < -0.3 is 15.2 Å². The lowest BCUT2D eigenvalue weighted by atomic mass is 9.91. The minimum absolute atomic E-state index is 0.111. The van der Waals surface area contributed by atoms with Crippen LogP contribution in [0.5, 0.6) is 5.75 Å². The SMILES string of the molecule is O=C(O)c1ccc2c(n1)CCCC2NCCc1ccccc1OCc1ccc(CCc2ccc(F)cc2)cc1. The van der Waals surface area contributed by atoms with Gasteiger partial charge in [0.05, 0.1) is 0 Å². The molecular weight excluding hydrogens is 491 g/mol. The Morgan fingerprint density at radius 2 is 1.59 bits per heavy atom. The number of fused-ring (bicyclic) bond motifs is 1. The van der Waals surface area contributed by atoms with Gasteiger partial charge in [0, 0.05) is 11.7 Å². The molecular formula is C33H33FN2O3. The third-order valence-corrected chi connectivity index (χ3v) is 7.30. The molecule has 1 heterocycles. The summed E-state index contributed by atoms with van der Waals surface area (Å²) in [7, 11) is 0. The number of para-hydroxylation sites is 1. The number of aryl methyl sites for hydroxylation is 3. The lowest BCUT2D eigenvalue weighted by Gasteiger charge is -2.26. The summed E-state index contributed by atoms with van der Waals surface area (Å²) in [6.45, 7) is 1.28. The van der Waals surface area contributed by atoms with Crippen LogP contribution in [0.2, 0.25) is 0 Å². The molecule has 5 rings (SSSR count). The van der Waals surface area contributed by atoms with Gasteiger partial charge in [-0.15, -0.1) is 0 Å². The predicted molar refractivity (Wildman–Crippen MR) is 150 cm³/mol. The maximum absolute atomic E-state index is 13.1. The van der Waals surface area contributed by atoms with E-state index >= 15 is 0 Å². The summed E-state index contributed by atoms with van der Waals surface area (Å²) in [5.41, 5.74) is 6.75. The van der Waals surface area contributed by atoms with Crippen molar-refractivity contribution >= 4 is 5.97 Å². The van der Waals surface area contributed by atoms with E-state index in [9.17, 15) is 14.3 Å². The second kappa shape index (κ2) is 12.7. The number of rotatable bonds is 11. The highest BCUT2D eigenvalue weighted by atomic mass is 19.1. The monoisotopic (exact) mass is 524 g/mol. The fourth-order valence-electron chi connectivity index (χ4n) is 5.13. The number of aromatic nitrogens is 1. The first kappa shape index (κ1) is 26.6. The van der Waals surface area contributed by atoms with Crippen molar-refractivity contribution in [3.8, 4) is 5.75 Å². The van der Waals surface area contributed by atoms with Crippen molar-refractivity contribution in [2.75, 3.05) is 6.54 Å². The Hall–Kier alpha value is -4.03. The summed E-state index contributed by atoms with van der Waals surface area (Å²) >= 11 is 0. The Kier molecular flexibility index (Phi) is 8.64. The predicted octanol–water partition coefficient (Wildman–Crippen LogP) is 6.49. The topological polar surface area (TPSA) is 71.5 Å². The van der Waals surface area contributed by atoms with Crippen molar-refractivity contribution in [3.05, 3.63) is 130 Å². The number of ether oxygens (including phenoxy) is 1. The normalized spacial score (nSPS) is 14.5. The molecule has 0 bridgehead atoms. The van der Waals surface area contributed by atoms with Crippen LogP contribution in [0.1, 0.15) is 62.9 Å². The molecule has 2 N–H and O–H groups in total. The molecule has 3 aromatic carbocycles. The standard InChI is InChI=1S/C33H33FN2O3/c34-27-16-14-24(15-17-27)9-8-23-10-12-25(13-11-23)22-39-32-7-2-1-4-26(32)20-21-35-29-5-3-6-30-28(29)18-19-31(36-30)33(37)38/h1-2,4,7,10-19,29,35H,3,5-6,8-9,20-22H2,(H,37,38). The van der Waals surface area contributed by atoms with Gasteiger partial charge in [-0.3, -0.25) is 0 Å². The summed E-state index contributed by atoms with van der Waals surface area (Å²) in [6.07, 6.45) is 5.44. The van der Waals surface area contributed by atoms with Crippen molar-refractivity contribution in [2.24, 2.45) is 0 Å². The molecule has 4 aromatic rings. The minimum Gasteiger partial charge on any atom is -0.489 e. The molecule has 1 aliphatic carbocycles. The average molecular weight is 525 g/mol. The second-order valence-corrected chi connectivity index (χ2v) is 10.0. The van der Waals surface area contributed by atoms with Crippen LogP contribution >= 0.6 is 0 Å². The Morgan fingerprint density at radius 1 is 0.897 bits per heavy atom. The first-order chi connectivity index (χ1) is 19.0. The number of carboxylic acid groups (broad SMARTS) is 1. The zero-order valence-corrected chi connectivity index (χ0v) is 21.9. The number of halogens is 1. The number of aromatic carboxylic acids is 1. The fraction of sp³-hybridized carbons (Fsp3) is 0.273. The van der Waals surface area contributed by atoms with Crippen LogP contribution in [0.15, 0.2) is 84.9 Å². The van der Waals surface area contributed by atoms with Crippen molar-refractivity contribution in [1.29, 1.82) is 0 Å². The number of carbonyl (C=O) groups is 1. The van der Waals surface area contributed by atoms with Crippen molar-refractivity contribution < 1.29 is 19.0 Å². The molecule has 0 fully saturated rings. The number of nitrogens with one attached hydrogen (secondary N) is 1. The molecule has 1 aromatic heterocycles. The third kappa shape index (κ3) is 7.09. The Morgan fingerprint density at radius 3 is 2.33 bits per heavy atom. The molecule has 1 unspecified atom stereocenters. The first-order valence-electron chi connectivity index (χ1n) is 13.5. The molecule has 1 aliphatic rings. The van der Waals surface area contributed by atoms with Crippen LogP contribution in [-0.2, 0) is 32.3 Å². The minimum atomic E-state index is -0.984. The van der Waals surface area contributed by atoms with Crippen LogP contribution in [0.25, 0.3) is 0 Å². The molecule has 5 nitrogen and oxygen atoms in total. The van der Waals surface area contributed by atoms with Gasteiger partial charge in [-0.1, -0.05) is 60.7 Å². The highest BCUT2D eigenvalue weighted by Crippen LogP contribution is 2.29. The number of hydrogen-bond donors (Lipinski definition) is 2. The lowest BCUT2D eigenvalue weighted by Crippen LogP contribution is -2.28. The fourth-order valence-corrected chi connectivity index (χ4v) is 5.13. The number of hydrogen-bond acceptors (Lipinski definition) is 4. The smallest absolute Gasteiger partial charge is 0.354 e. The van der Waals surface area contributed by atoms with E-state index in [2.05, 4.69) is 40.6 Å². The largest absolute Gasteiger partial charge is 0.489 e. The molecule has 0 saturated heterocycles. The van der Waals surface area contributed by atoms with E-state index < -0.39 is 5.97 Å². The summed E-state index contributed by atoms with van der Waals surface area (Å²) in [5.74, 6) is -0.301. The number of nitrogens with zero attached hydrogens (tertiary/aromatic N) is 1. The quantitative estimate of drug-likeness (QED) is 0.235. The third-order valence-electron chi connectivity index (χ3n) is 7.30. The molecule has 39 heavy (non-hydrogen) atoms. The van der Waals surface area contributed by atoms with Crippen molar-refractivity contribution in [1.82, 2.24) is 10.3 Å². The summed E-state index contributed by atoms with van der Waals surface area (Å²) in [4.78, 5) is 15.6. The van der Waals surface area contributed by atoms with Gasteiger partial charge in [0.15, 0.2) is 0 Å². The lowest BCUT2D eigenvalue weighted by molar-refractivity contribution is 0.0690. The van der Waals surface area contributed by atoms with E-state index in [1.54, 1.807) is 6.07 Å². The van der Waals surface area contributed by atoms with Gasteiger partial charge in [-0.05, 0) is 97.2 Å². The van der Waals surface area contributed by atoms with Crippen LogP contribution in [0.3, 0.4) is 0 Å². The molecule has 200 valence electrons. The molecule has 6 heteroatoms. The van der Waals surface area contributed by atoms with Gasteiger partial charge in [-0.2, -0.15) is 0 Å². The molecule has 1 atom stereocenters. The van der Waals surface area contributed by atoms with Gasteiger partial charge in [0.2, 0.25) is 0 Å². The maximum atomic E-state index is 13.1. The van der Waals surface area contributed by atoms with Crippen LogP contribution in [0.4, 0.5) is 4.39 Å². The molecule has 0 amide bonds. The van der Waals surface area contributed by atoms with Crippen LogP contribution < -0.4 is 10.1 Å². The van der Waals surface area contributed by atoms with E-state index in [1.165, 1.54) is 17.7 Å². The number of pyridine rings is 1. The van der Waals surface area contributed by atoms with E-state index in [0.29, 0.717) is 6.61 Å². The number of carboxylic acids is 1. The zero-order valence-electron chi connectivity index (χ0n) is 21.9. The van der Waals surface area contributed by atoms with Gasteiger partial charge in [-0.25, -0.2) is 14.2 Å². The van der Waals surface area contributed by atoms with E-state index in [1.807, 2.05) is 36.4 Å². The Labute approximate surface area is 228 Å². The summed E-state index contributed by atoms with van der Waals surface area (Å²) in [5, 5.41) is 12.9. The van der Waals surface area contributed by atoms with Crippen LogP contribution in [-0.4, -0.2) is 22.6 Å². The maximum Gasteiger partial charge on any atom is 0.354 e.